The van der Waals surface area contributed by atoms with Gasteiger partial charge in [-0.05, 0) is 43.4 Å². The molecule has 0 saturated carbocycles. The van der Waals surface area contributed by atoms with Gasteiger partial charge in [-0.3, -0.25) is 4.79 Å². The molecule has 0 N–H and O–H groups in total. The maximum absolute atomic E-state index is 12.2. The van der Waals surface area contributed by atoms with Gasteiger partial charge in [0.05, 0.1) is 5.75 Å². The highest BCUT2D eigenvalue weighted by atomic mass is 32.2. The number of sulfone groups is 1. The van der Waals surface area contributed by atoms with Crippen molar-refractivity contribution in [3.8, 4) is 0 Å². The van der Waals surface area contributed by atoms with Crippen molar-refractivity contribution in [2.75, 3.05) is 5.75 Å². The monoisotopic (exact) mass is 280 g/mol. The molecule has 2 rings (SSSR count). The van der Waals surface area contributed by atoms with Crippen molar-refractivity contribution in [3.63, 3.8) is 0 Å². The van der Waals surface area contributed by atoms with Crippen LogP contribution in [-0.2, 0) is 21.1 Å². The zero-order valence-electron chi connectivity index (χ0n) is 11.5. The zero-order chi connectivity index (χ0) is 14.0. The van der Waals surface area contributed by atoms with Crippen molar-refractivity contribution in [2.45, 2.75) is 44.8 Å². The number of carbonyl (C=O) groups is 1. The van der Waals surface area contributed by atoms with Gasteiger partial charge in [-0.1, -0.05) is 24.6 Å². The largest absolute Gasteiger partial charge is 0.298 e. The predicted molar refractivity (Wildman–Crippen MR) is 76.1 cm³/mol. The minimum atomic E-state index is -3.21. The van der Waals surface area contributed by atoms with Crippen LogP contribution >= 0.6 is 0 Å². The standard InChI is InChI=1S/C15H20O3S/c1-11-6-7-13(9-12(11)2)10-14(16)15-5-3-4-8-19(15,17)18/h6-7,9,15H,3-5,8,10H2,1-2H3. The Morgan fingerprint density at radius 2 is 1.95 bits per heavy atom. The first-order valence-electron chi connectivity index (χ1n) is 6.70. The van der Waals surface area contributed by atoms with Gasteiger partial charge in [0.15, 0.2) is 15.6 Å². The van der Waals surface area contributed by atoms with E-state index in [-0.39, 0.29) is 18.0 Å². The first kappa shape index (κ1) is 14.3. The topological polar surface area (TPSA) is 51.2 Å². The molecule has 104 valence electrons. The number of rotatable bonds is 3. The average Bonchev–Trinajstić information content (AvgIpc) is 2.33. The fraction of sp³-hybridized carbons (Fsp3) is 0.533. The number of carbonyl (C=O) groups excluding carboxylic acids is 1. The molecule has 1 heterocycles. The van der Waals surface area contributed by atoms with Crippen LogP contribution in [0.3, 0.4) is 0 Å². The van der Waals surface area contributed by atoms with Crippen molar-refractivity contribution >= 4 is 15.6 Å². The van der Waals surface area contributed by atoms with Gasteiger partial charge in [0.25, 0.3) is 0 Å². The third-order valence-corrected chi connectivity index (χ3v) is 6.11. The lowest BCUT2D eigenvalue weighted by Crippen LogP contribution is -2.36. The van der Waals surface area contributed by atoms with Gasteiger partial charge in [0.2, 0.25) is 0 Å². The highest BCUT2D eigenvalue weighted by molar-refractivity contribution is 7.92. The van der Waals surface area contributed by atoms with Gasteiger partial charge in [-0.25, -0.2) is 8.42 Å². The molecule has 0 aromatic heterocycles. The minimum Gasteiger partial charge on any atom is -0.298 e. The van der Waals surface area contributed by atoms with Crippen LogP contribution in [0.1, 0.15) is 36.0 Å². The Hall–Kier alpha value is -1.16. The normalized spacial score (nSPS) is 22.1. The van der Waals surface area contributed by atoms with Gasteiger partial charge >= 0.3 is 0 Å². The number of Topliss-reactive ketones (excluding diaryl/α,β-unsaturated/α-hetero) is 1. The van der Waals surface area contributed by atoms with Crippen LogP contribution in [0.25, 0.3) is 0 Å². The van der Waals surface area contributed by atoms with E-state index >= 15 is 0 Å². The quantitative estimate of drug-likeness (QED) is 0.854. The number of hydrogen-bond acceptors (Lipinski definition) is 3. The summed E-state index contributed by atoms with van der Waals surface area (Å²) in [4.78, 5) is 12.2. The molecule has 3 nitrogen and oxygen atoms in total. The summed E-state index contributed by atoms with van der Waals surface area (Å²) in [6.07, 6.45) is 2.25. The molecule has 1 aliphatic heterocycles. The lowest BCUT2D eigenvalue weighted by atomic mass is 10.00. The first-order valence-corrected chi connectivity index (χ1v) is 8.42. The summed E-state index contributed by atoms with van der Waals surface area (Å²) in [7, 11) is -3.21. The number of ketones is 1. The van der Waals surface area contributed by atoms with E-state index in [0.717, 1.165) is 17.5 Å². The summed E-state index contributed by atoms with van der Waals surface area (Å²) in [5, 5.41) is -0.775. The molecule has 4 heteroatoms. The number of hydrogen-bond donors (Lipinski definition) is 0. The van der Waals surface area contributed by atoms with E-state index in [0.29, 0.717) is 12.8 Å². The molecule has 1 aliphatic rings. The molecule has 1 unspecified atom stereocenters. The van der Waals surface area contributed by atoms with E-state index in [1.165, 1.54) is 5.56 Å². The number of aryl methyl sites for hydroxylation is 2. The Balaban J connectivity index is 2.14. The second-order valence-electron chi connectivity index (χ2n) is 5.41. The van der Waals surface area contributed by atoms with Crippen LogP contribution in [0, 0.1) is 13.8 Å². The van der Waals surface area contributed by atoms with Gasteiger partial charge in [0, 0.05) is 6.42 Å². The van der Waals surface area contributed by atoms with Crippen molar-refractivity contribution in [1.82, 2.24) is 0 Å². The van der Waals surface area contributed by atoms with Crippen molar-refractivity contribution in [3.05, 3.63) is 34.9 Å². The van der Waals surface area contributed by atoms with E-state index < -0.39 is 15.1 Å². The van der Waals surface area contributed by atoms with Crippen LogP contribution < -0.4 is 0 Å². The summed E-state index contributed by atoms with van der Waals surface area (Å²) in [5.74, 6) is 0.0130. The lowest BCUT2D eigenvalue weighted by molar-refractivity contribution is -0.118. The first-order chi connectivity index (χ1) is 8.90. The molecule has 19 heavy (non-hydrogen) atoms. The van der Waals surface area contributed by atoms with Crippen LogP contribution in [0.5, 0.6) is 0 Å². The van der Waals surface area contributed by atoms with E-state index in [1.54, 1.807) is 0 Å². The smallest absolute Gasteiger partial charge is 0.160 e. The fourth-order valence-corrected chi connectivity index (χ4v) is 4.45. The molecular weight excluding hydrogens is 260 g/mol. The van der Waals surface area contributed by atoms with Gasteiger partial charge < -0.3 is 0 Å². The Kier molecular flexibility index (Phi) is 4.09. The molecule has 0 radical (unpaired) electrons. The summed E-state index contributed by atoms with van der Waals surface area (Å²) in [5.41, 5.74) is 3.23. The Morgan fingerprint density at radius 3 is 2.58 bits per heavy atom. The second kappa shape index (κ2) is 5.45. The van der Waals surface area contributed by atoms with Crippen molar-refractivity contribution < 1.29 is 13.2 Å². The van der Waals surface area contributed by atoms with E-state index in [9.17, 15) is 13.2 Å². The van der Waals surface area contributed by atoms with Crippen molar-refractivity contribution in [2.24, 2.45) is 0 Å². The van der Waals surface area contributed by atoms with Crippen molar-refractivity contribution in [1.29, 1.82) is 0 Å². The molecule has 1 aromatic carbocycles. The third kappa shape index (κ3) is 3.24. The zero-order valence-corrected chi connectivity index (χ0v) is 12.3. The fourth-order valence-electron chi connectivity index (χ4n) is 2.54. The molecule has 1 saturated heterocycles. The van der Waals surface area contributed by atoms with Gasteiger partial charge in [-0.2, -0.15) is 0 Å². The molecule has 0 aliphatic carbocycles. The summed E-state index contributed by atoms with van der Waals surface area (Å²) in [6.45, 7) is 4.02. The van der Waals surface area contributed by atoms with E-state index in [4.69, 9.17) is 0 Å². The molecular formula is C15H20O3S. The van der Waals surface area contributed by atoms with Gasteiger partial charge in [0.1, 0.15) is 5.25 Å². The lowest BCUT2D eigenvalue weighted by Gasteiger charge is -2.21. The maximum atomic E-state index is 12.2. The summed E-state index contributed by atoms with van der Waals surface area (Å²) < 4.78 is 23.8. The highest BCUT2D eigenvalue weighted by Gasteiger charge is 2.34. The highest BCUT2D eigenvalue weighted by Crippen LogP contribution is 2.22. The molecule has 1 aromatic rings. The minimum absolute atomic E-state index is 0.150. The molecule has 1 fully saturated rings. The molecule has 0 spiro atoms. The predicted octanol–water partition coefficient (Wildman–Crippen LogP) is 2.38. The summed E-state index contributed by atoms with van der Waals surface area (Å²) >= 11 is 0. The molecule has 0 amide bonds. The second-order valence-corrected chi connectivity index (χ2v) is 7.72. The van der Waals surface area contributed by atoms with Crippen LogP contribution in [0.15, 0.2) is 18.2 Å². The molecule has 1 atom stereocenters. The third-order valence-electron chi connectivity index (χ3n) is 3.89. The maximum Gasteiger partial charge on any atom is 0.160 e. The Bertz CT molecular complexity index is 587. The van der Waals surface area contributed by atoms with Crippen LogP contribution in [0.2, 0.25) is 0 Å². The number of benzene rings is 1. The van der Waals surface area contributed by atoms with E-state index in [1.807, 2.05) is 32.0 Å². The van der Waals surface area contributed by atoms with Crippen LogP contribution in [-0.4, -0.2) is 25.2 Å². The van der Waals surface area contributed by atoms with Crippen LogP contribution in [0.4, 0.5) is 0 Å². The SMILES string of the molecule is Cc1ccc(CC(=O)C2CCCCS2(=O)=O)cc1C. The summed E-state index contributed by atoms with van der Waals surface area (Å²) in [6, 6.07) is 5.87. The Labute approximate surface area is 114 Å². The average molecular weight is 280 g/mol. The molecule has 0 bridgehead atoms. The van der Waals surface area contributed by atoms with E-state index in [2.05, 4.69) is 0 Å². The Morgan fingerprint density at radius 1 is 1.21 bits per heavy atom. The van der Waals surface area contributed by atoms with Gasteiger partial charge in [-0.15, -0.1) is 0 Å².